The van der Waals surface area contributed by atoms with Gasteiger partial charge in [0.05, 0.1) is 19.2 Å². The van der Waals surface area contributed by atoms with Crippen LogP contribution in [0.25, 0.3) is 0 Å². The zero-order valence-corrected chi connectivity index (χ0v) is 28.1. The molecule has 44 heavy (non-hydrogen) atoms. The predicted octanol–water partition coefficient (Wildman–Crippen LogP) is 3.57. The zero-order chi connectivity index (χ0) is 34.1. The molecule has 0 spiro atoms. The van der Waals surface area contributed by atoms with Crippen molar-refractivity contribution in [1.29, 1.82) is 0 Å². The highest BCUT2D eigenvalue weighted by Gasteiger charge is 2.25. The van der Waals surface area contributed by atoms with Crippen molar-refractivity contribution in [2.45, 2.75) is 104 Å². The molecular formula is C32H57N5O7. The number of ether oxygens (including phenoxy) is 2. The summed E-state index contributed by atoms with van der Waals surface area (Å²) in [6, 6.07) is 7.83. The number of likely N-dealkylation sites (tertiary alicyclic amines) is 2. The van der Waals surface area contributed by atoms with E-state index in [2.05, 4.69) is 12.2 Å². The van der Waals surface area contributed by atoms with E-state index in [9.17, 15) is 24.0 Å². The van der Waals surface area contributed by atoms with Crippen molar-refractivity contribution in [3.05, 3.63) is 29.8 Å². The normalized spacial score (nSPS) is 17.0. The second-order valence-electron chi connectivity index (χ2n) is 11.4. The van der Waals surface area contributed by atoms with Crippen molar-refractivity contribution < 1.29 is 33.4 Å². The number of hydrogen-bond donors (Lipinski definition) is 3. The molecule has 2 fully saturated rings. The van der Waals surface area contributed by atoms with Crippen LogP contribution in [0.15, 0.2) is 24.3 Å². The average molecular weight is 624 g/mol. The van der Waals surface area contributed by atoms with E-state index in [1.54, 1.807) is 7.11 Å². The Morgan fingerprint density at radius 1 is 1.00 bits per heavy atom. The lowest BCUT2D eigenvalue weighted by Gasteiger charge is -2.19. The first kappa shape index (κ1) is 42.5. The number of hydrogen-bond acceptors (Lipinski definition) is 8. The molecule has 12 heteroatoms. The maximum absolute atomic E-state index is 10.9. The third kappa shape index (κ3) is 22.9. The highest BCUT2D eigenvalue weighted by molar-refractivity contribution is 5.80. The lowest BCUT2D eigenvalue weighted by Crippen LogP contribution is -2.37. The minimum absolute atomic E-state index is 0.00463. The number of aryl methyl sites for hydroxylation is 1. The number of alkyl carbamates (subject to hydrolysis) is 1. The summed E-state index contributed by atoms with van der Waals surface area (Å²) < 4.78 is 9.96. The Kier molecular flexibility index (Phi) is 23.9. The Labute approximate surface area is 264 Å². The highest BCUT2D eigenvalue weighted by Crippen LogP contribution is 2.13. The van der Waals surface area contributed by atoms with Crippen molar-refractivity contribution in [3.63, 3.8) is 0 Å². The lowest BCUT2D eigenvalue weighted by molar-refractivity contribution is -0.123. The highest BCUT2D eigenvalue weighted by atomic mass is 16.6. The summed E-state index contributed by atoms with van der Waals surface area (Å²) >= 11 is 0. The maximum atomic E-state index is 10.9. The third-order valence-electron chi connectivity index (χ3n) is 6.15. The Balaban J connectivity index is 0. The standard InChI is InChI=1S/C8H17NO2.C8H10O.C6H12N2O.C6H9NO2.C4H9NO/c1-5-6-9-7(10)11-8(2,3)4;1-7-3-5-8(9-2)6-4-7;1-8-4-2-3-5(8)6(7)9;8-4-6-2-1-3-7(6)5-9;1-2-3-4(5)6/h5-6H2,1-4H3,(H,9,10);3-6H,1-2H3;5H,2-4H2,1H3,(H2,7,9);4-6H,1-3H2;2-3H2,1H3,(H2,5,6). The molecule has 0 aliphatic carbocycles. The topological polar surface area (TPSA) is 174 Å². The molecule has 12 nitrogen and oxygen atoms in total. The first-order valence-electron chi connectivity index (χ1n) is 15.2. The summed E-state index contributed by atoms with van der Waals surface area (Å²) in [6.07, 6.45) is 7.38. The van der Waals surface area contributed by atoms with Gasteiger partial charge in [0.2, 0.25) is 18.2 Å². The van der Waals surface area contributed by atoms with Gasteiger partial charge in [-0.1, -0.05) is 31.5 Å². The quantitative estimate of drug-likeness (QED) is 0.368. The van der Waals surface area contributed by atoms with Crippen LogP contribution in [0.1, 0.15) is 85.1 Å². The number of nitrogens with zero attached hydrogens (tertiary/aromatic N) is 2. The Morgan fingerprint density at radius 3 is 1.91 bits per heavy atom. The minimum atomic E-state index is -0.391. The molecule has 2 aliphatic heterocycles. The van der Waals surface area contributed by atoms with Crippen LogP contribution in [0.5, 0.6) is 5.75 Å². The van der Waals surface area contributed by atoms with Gasteiger partial charge in [0, 0.05) is 19.5 Å². The molecule has 0 aromatic heterocycles. The van der Waals surface area contributed by atoms with Gasteiger partial charge in [0.25, 0.3) is 0 Å². The number of nitrogens with one attached hydrogen (secondary N) is 1. The number of benzene rings is 1. The first-order chi connectivity index (χ1) is 20.6. The molecule has 2 aliphatic rings. The van der Waals surface area contributed by atoms with Crippen LogP contribution >= 0.6 is 0 Å². The number of likely N-dealkylation sites (N-methyl/N-ethyl adjacent to an activating group) is 1. The molecule has 4 amide bonds. The van der Waals surface area contributed by atoms with Crippen molar-refractivity contribution in [3.8, 4) is 5.75 Å². The van der Waals surface area contributed by atoms with Gasteiger partial charge >= 0.3 is 6.09 Å². The van der Waals surface area contributed by atoms with Crippen molar-refractivity contribution >= 4 is 30.6 Å². The number of carbonyl (C=O) groups is 5. The van der Waals surface area contributed by atoms with Gasteiger partial charge in [-0.05, 0) is 91.9 Å². The largest absolute Gasteiger partial charge is 0.497 e. The molecule has 0 radical (unpaired) electrons. The summed E-state index contributed by atoms with van der Waals surface area (Å²) in [7, 11) is 3.60. The van der Waals surface area contributed by atoms with Crippen LogP contribution in [0.3, 0.4) is 0 Å². The van der Waals surface area contributed by atoms with Crippen LogP contribution in [-0.2, 0) is 23.9 Å². The third-order valence-corrected chi connectivity index (χ3v) is 6.15. The zero-order valence-electron chi connectivity index (χ0n) is 28.1. The summed E-state index contributed by atoms with van der Waals surface area (Å²) in [5.41, 5.74) is 10.7. The van der Waals surface area contributed by atoms with E-state index in [-0.39, 0.29) is 30.0 Å². The number of carbonyl (C=O) groups excluding carboxylic acids is 5. The second-order valence-corrected chi connectivity index (χ2v) is 11.4. The van der Waals surface area contributed by atoms with Crippen LogP contribution in [0.4, 0.5) is 4.79 Å². The van der Waals surface area contributed by atoms with Crippen LogP contribution in [0.2, 0.25) is 0 Å². The van der Waals surface area contributed by atoms with E-state index < -0.39 is 5.60 Å². The molecule has 3 rings (SSSR count). The molecule has 1 aromatic rings. The summed E-state index contributed by atoms with van der Waals surface area (Å²) in [4.78, 5) is 55.2. The molecule has 0 bridgehead atoms. The van der Waals surface area contributed by atoms with E-state index in [0.717, 1.165) is 70.1 Å². The molecule has 2 saturated heterocycles. The van der Waals surface area contributed by atoms with Crippen LogP contribution < -0.4 is 21.5 Å². The van der Waals surface area contributed by atoms with Gasteiger partial charge in [-0.2, -0.15) is 0 Å². The fourth-order valence-electron chi connectivity index (χ4n) is 3.82. The average Bonchev–Trinajstić information content (AvgIpc) is 3.61. The van der Waals surface area contributed by atoms with E-state index in [0.29, 0.717) is 13.0 Å². The Bertz CT molecular complexity index is 937. The monoisotopic (exact) mass is 623 g/mol. The fraction of sp³-hybridized carbons (Fsp3) is 0.656. The van der Waals surface area contributed by atoms with E-state index in [1.165, 1.54) is 10.5 Å². The van der Waals surface area contributed by atoms with Gasteiger partial charge in [0.15, 0.2) is 0 Å². The van der Waals surface area contributed by atoms with Crippen molar-refractivity contribution in [2.24, 2.45) is 11.5 Å². The first-order valence-corrected chi connectivity index (χ1v) is 15.2. The van der Waals surface area contributed by atoms with Crippen LogP contribution in [0, 0.1) is 6.92 Å². The van der Waals surface area contributed by atoms with E-state index >= 15 is 0 Å². The Hall–Kier alpha value is -3.67. The summed E-state index contributed by atoms with van der Waals surface area (Å²) in [5, 5.41) is 2.63. The van der Waals surface area contributed by atoms with Gasteiger partial charge in [0.1, 0.15) is 17.6 Å². The maximum Gasteiger partial charge on any atom is 0.407 e. The number of methoxy groups -OCH3 is 1. The van der Waals surface area contributed by atoms with E-state index in [4.69, 9.17) is 20.9 Å². The minimum Gasteiger partial charge on any atom is -0.497 e. The molecular weight excluding hydrogens is 566 g/mol. The second kappa shape index (κ2) is 24.7. The molecule has 2 unspecified atom stereocenters. The molecule has 1 aromatic carbocycles. The van der Waals surface area contributed by atoms with E-state index in [1.807, 2.05) is 70.8 Å². The molecule has 0 saturated carbocycles. The number of rotatable bonds is 8. The van der Waals surface area contributed by atoms with Gasteiger partial charge in [-0.3, -0.25) is 19.3 Å². The van der Waals surface area contributed by atoms with Gasteiger partial charge in [-0.15, -0.1) is 0 Å². The summed E-state index contributed by atoms with van der Waals surface area (Å²) in [5.74, 6) is 0.521. The van der Waals surface area contributed by atoms with Crippen LogP contribution in [-0.4, -0.2) is 91.9 Å². The smallest absolute Gasteiger partial charge is 0.407 e. The lowest BCUT2D eigenvalue weighted by atomic mass is 10.2. The number of nitrogens with two attached hydrogens (primary N) is 2. The number of primary amides is 2. The summed E-state index contributed by atoms with van der Waals surface area (Å²) in [6.45, 7) is 13.9. The van der Waals surface area contributed by atoms with Gasteiger partial charge in [-0.25, -0.2) is 4.79 Å². The molecule has 2 atom stereocenters. The molecule has 2 heterocycles. The van der Waals surface area contributed by atoms with Crippen molar-refractivity contribution in [2.75, 3.05) is 33.8 Å². The van der Waals surface area contributed by atoms with Crippen molar-refractivity contribution in [1.82, 2.24) is 15.1 Å². The Morgan fingerprint density at radius 2 is 1.59 bits per heavy atom. The predicted molar refractivity (Wildman–Crippen MR) is 173 cm³/mol. The molecule has 252 valence electrons. The number of aldehydes is 1. The SMILES string of the molecule is CCCC(N)=O.CCCNC(=O)OC(C)(C)C.CN1CCCC1C(N)=O.COc1ccc(C)cc1.O=CC1CCCN1C=O. The molecule has 5 N–H and O–H groups in total. The number of amides is 4. The fourth-order valence-corrected chi connectivity index (χ4v) is 3.82. The van der Waals surface area contributed by atoms with Gasteiger partial charge < -0.3 is 36.0 Å².